The van der Waals surface area contributed by atoms with E-state index in [2.05, 4.69) is 5.32 Å². The highest BCUT2D eigenvalue weighted by molar-refractivity contribution is 6.31. The van der Waals surface area contributed by atoms with Crippen LogP contribution in [0.25, 0.3) is 0 Å². The van der Waals surface area contributed by atoms with Gasteiger partial charge in [0, 0.05) is 23.6 Å². The van der Waals surface area contributed by atoms with E-state index in [9.17, 15) is 19.7 Å². The van der Waals surface area contributed by atoms with Crippen LogP contribution < -0.4 is 5.32 Å². The van der Waals surface area contributed by atoms with E-state index in [-0.39, 0.29) is 28.7 Å². The summed E-state index contributed by atoms with van der Waals surface area (Å²) in [7, 11) is 0. The lowest BCUT2D eigenvalue weighted by molar-refractivity contribution is -0.385. The zero-order valence-corrected chi connectivity index (χ0v) is 12.1. The van der Waals surface area contributed by atoms with Crippen molar-refractivity contribution in [3.63, 3.8) is 0 Å². The van der Waals surface area contributed by atoms with Gasteiger partial charge in [-0.3, -0.25) is 19.7 Å². The number of hydrogen-bond acceptors (Lipinski definition) is 4. The number of carbonyl (C=O) groups is 2. The number of carbonyl (C=O) groups excluding carboxylic acids is 1. The summed E-state index contributed by atoms with van der Waals surface area (Å²) in [6.45, 7) is 1.71. The van der Waals surface area contributed by atoms with Crippen LogP contribution in [0.5, 0.6) is 0 Å². The lowest BCUT2D eigenvalue weighted by atomic mass is 10.1. The standard InChI is InChI=1S/C13H15ClN2O5/c1-8(3-2-4-12(17)18)15-13(19)10-6-5-9(14)7-11(10)16(20)21/h5-8H,2-4H2,1H3,(H,15,19)(H,17,18). The summed E-state index contributed by atoms with van der Waals surface area (Å²) in [6.07, 6.45) is 0.903. The highest BCUT2D eigenvalue weighted by Crippen LogP contribution is 2.23. The van der Waals surface area contributed by atoms with Gasteiger partial charge < -0.3 is 10.4 Å². The monoisotopic (exact) mass is 314 g/mol. The predicted octanol–water partition coefficient (Wildman–Crippen LogP) is 2.62. The molecule has 0 aliphatic rings. The van der Waals surface area contributed by atoms with Gasteiger partial charge in [0.05, 0.1) is 4.92 Å². The number of nitro groups is 1. The van der Waals surface area contributed by atoms with E-state index >= 15 is 0 Å². The molecule has 21 heavy (non-hydrogen) atoms. The third kappa shape index (κ3) is 5.39. The Labute approximate surface area is 126 Å². The molecule has 0 heterocycles. The SMILES string of the molecule is CC(CCCC(=O)O)NC(=O)c1ccc(Cl)cc1[N+](=O)[O-]. The lowest BCUT2D eigenvalue weighted by Crippen LogP contribution is -2.33. The van der Waals surface area contributed by atoms with Crippen LogP contribution in [0.15, 0.2) is 18.2 Å². The molecule has 0 spiro atoms. The van der Waals surface area contributed by atoms with E-state index in [1.54, 1.807) is 6.92 Å². The van der Waals surface area contributed by atoms with E-state index in [0.29, 0.717) is 12.8 Å². The molecule has 7 nitrogen and oxygen atoms in total. The number of rotatable bonds is 7. The van der Waals surface area contributed by atoms with E-state index in [1.807, 2.05) is 0 Å². The largest absolute Gasteiger partial charge is 0.481 e. The number of carboxylic acid groups (broad SMARTS) is 1. The van der Waals surface area contributed by atoms with Gasteiger partial charge in [-0.05, 0) is 31.9 Å². The lowest BCUT2D eigenvalue weighted by Gasteiger charge is -2.13. The molecule has 1 unspecified atom stereocenters. The van der Waals surface area contributed by atoms with Gasteiger partial charge in [-0.15, -0.1) is 0 Å². The highest BCUT2D eigenvalue weighted by Gasteiger charge is 2.21. The zero-order valence-electron chi connectivity index (χ0n) is 11.3. The van der Waals surface area contributed by atoms with Crippen molar-refractivity contribution in [3.05, 3.63) is 38.9 Å². The summed E-state index contributed by atoms with van der Waals surface area (Å²) in [5.41, 5.74) is -0.438. The van der Waals surface area contributed by atoms with Gasteiger partial charge in [0.25, 0.3) is 11.6 Å². The summed E-state index contributed by atoms with van der Waals surface area (Å²) in [5, 5.41) is 22.2. The van der Waals surface area contributed by atoms with Crippen molar-refractivity contribution in [1.82, 2.24) is 5.32 Å². The number of carboxylic acids is 1. The molecule has 0 aromatic heterocycles. The molecule has 0 fully saturated rings. The normalized spacial score (nSPS) is 11.7. The molecule has 1 aromatic rings. The van der Waals surface area contributed by atoms with Gasteiger partial charge >= 0.3 is 5.97 Å². The molecule has 0 aliphatic carbocycles. The van der Waals surface area contributed by atoms with Crippen LogP contribution in [0, 0.1) is 10.1 Å². The fraction of sp³-hybridized carbons (Fsp3) is 0.385. The number of amides is 1. The third-order valence-electron chi connectivity index (χ3n) is 2.81. The quantitative estimate of drug-likeness (QED) is 0.594. The number of hydrogen-bond donors (Lipinski definition) is 2. The molecule has 2 N–H and O–H groups in total. The Kier molecular flexibility index (Phi) is 6.10. The number of nitro benzene ring substituents is 1. The number of benzene rings is 1. The molecular formula is C13H15ClN2O5. The van der Waals surface area contributed by atoms with Crippen molar-refractivity contribution in [2.75, 3.05) is 0 Å². The number of nitrogens with zero attached hydrogens (tertiary/aromatic N) is 1. The first-order valence-electron chi connectivity index (χ1n) is 6.28. The van der Waals surface area contributed by atoms with Crippen molar-refractivity contribution < 1.29 is 19.6 Å². The Hall–Kier alpha value is -2.15. The van der Waals surface area contributed by atoms with Crippen LogP contribution in [0.1, 0.15) is 36.5 Å². The molecule has 1 atom stereocenters. The summed E-state index contributed by atoms with van der Waals surface area (Å²) < 4.78 is 0. The summed E-state index contributed by atoms with van der Waals surface area (Å²) in [4.78, 5) is 32.7. The fourth-order valence-corrected chi connectivity index (χ4v) is 1.95. The maximum absolute atomic E-state index is 12.0. The highest BCUT2D eigenvalue weighted by atomic mass is 35.5. The van der Waals surface area contributed by atoms with E-state index in [4.69, 9.17) is 16.7 Å². The first kappa shape index (κ1) is 16.9. The van der Waals surface area contributed by atoms with Crippen LogP contribution >= 0.6 is 11.6 Å². The molecule has 0 saturated carbocycles. The second kappa shape index (κ2) is 7.58. The van der Waals surface area contributed by atoms with Gasteiger partial charge in [-0.1, -0.05) is 11.6 Å². The minimum Gasteiger partial charge on any atom is -0.481 e. The van der Waals surface area contributed by atoms with Crippen LogP contribution in [0.2, 0.25) is 5.02 Å². The minimum atomic E-state index is -0.901. The van der Waals surface area contributed by atoms with Crippen molar-refractivity contribution >= 4 is 29.2 Å². The average Bonchev–Trinajstić information content (AvgIpc) is 2.37. The molecule has 1 rings (SSSR count). The van der Waals surface area contributed by atoms with Gasteiger partial charge in [-0.2, -0.15) is 0 Å². The molecule has 0 bridgehead atoms. The summed E-state index contributed by atoms with van der Waals surface area (Å²) >= 11 is 5.68. The van der Waals surface area contributed by atoms with Gasteiger partial charge in [0.1, 0.15) is 5.56 Å². The molecule has 1 amide bonds. The van der Waals surface area contributed by atoms with Crippen molar-refractivity contribution in [2.24, 2.45) is 0 Å². The Morgan fingerprint density at radius 3 is 2.71 bits per heavy atom. The number of nitrogens with one attached hydrogen (secondary N) is 1. The van der Waals surface area contributed by atoms with E-state index in [1.165, 1.54) is 12.1 Å². The molecule has 1 aromatic carbocycles. The molecule has 0 saturated heterocycles. The first-order valence-corrected chi connectivity index (χ1v) is 6.65. The first-order chi connectivity index (χ1) is 9.81. The second-order valence-electron chi connectivity index (χ2n) is 4.58. The van der Waals surface area contributed by atoms with Gasteiger partial charge in [0.2, 0.25) is 0 Å². The van der Waals surface area contributed by atoms with Crippen LogP contribution in [-0.4, -0.2) is 27.9 Å². The van der Waals surface area contributed by atoms with E-state index in [0.717, 1.165) is 6.07 Å². The molecule has 0 radical (unpaired) electrons. The van der Waals surface area contributed by atoms with E-state index < -0.39 is 16.8 Å². The molecule has 8 heteroatoms. The maximum atomic E-state index is 12.0. The molecule has 114 valence electrons. The third-order valence-corrected chi connectivity index (χ3v) is 3.04. The van der Waals surface area contributed by atoms with Gasteiger partial charge in [0.15, 0.2) is 0 Å². The Bertz CT molecular complexity index is 561. The Morgan fingerprint density at radius 1 is 1.48 bits per heavy atom. The number of halogens is 1. The zero-order chi connectivity index (χ0) is 16.0. The predicted molar refractivity (Wildman–Crippen MR) is 76.5 cm³/mol. The molecule has 0 aliphatic heterocycles. The fourth-order valence-electron chi connectivity index (χ4n) is 1.78. The van der Waals surface area contributed by atoms with Crippen LogP contribution in [0.4, 0.5) is 5.69 Å². The topological polar surface area (TPSA) is 110 Å². The van der Waals surface area contributed by atoms with Gasteiger partial charge in [-0.25, -0.2) is 0 Å². The maximum Gasteiger partial charge on any atom is 0.303 e. The second-order valence-corrected chi connectivity index (χ2v) is 5.02. The average molecular weight is 315 g/mol. The van der Waals surface area contributed by atoms with Crippen LogP contribution in [0.3, 0.4) is 0 Å². The minimum absolute atomic E-state index is 0.0152. The Balaban J connectivity index is 2.71. The Morgan fingerprint density at radius 2 is 2.14 bits per heavy atom. The summed E-state index contributed by atoms with van der Waals surface area (Å²) in [6, 6.07) is 3.52. The smallest absolute Gasteiger partial charge is 0.303 e. The molecular weight excluding hydrogens is 300 g/mol. The van der Waals surface area contributed by atoms with Crippen molar-refractivity contribution in [1.29, 1.82) is 0 Å². The van der Waals surface area contributed by atoms with Crippen molar-refractivity contribution in [2.45, 2.75) is 32.2 Å². The van der Waals surface area contributed by atoms with Crippen LogP contribution in [-0.2, 0) is 4.79 Å². The van der Waals surface area contributed by atoms with Crippen molar-refractivity contribution in [3.8, 4) is 0 Å². The summed E-state index contributed by atoms with van der Waals surface area (Å²) in [5.74, 6) is -1.48. The number of aliphatic carboxylic acids is 1.